The molecule has 0 aliphatic heterocycles. The number of aldehydes is 1. The summed E-state index contributed by atoms with van der Waals surface area (Å²) in [5.74, 6) is 0.516. The van der Waals surface area contributed by atoms with Crippen LogP contribution in [-0.4, -0.2) is 35.8 Å². The molecule has 1 aromatic heterocycles. The number of halogens is 2. The number of methoxy groups -OCH3 is 1. The van der Waals surface area contributed by atoms with E-state index >= 15 is 0 Å². The molecule has 10 heteroatoms. The minimum absolute atomic E-state index is 0.0216. The van der Waals surface area contributed by atoms with Gasteiger partial charge >= 0.3 is 5.97 Å². The molecule has 0 bridgehead atoms. The molecule has 0 N–H and O–H groups in total. The summed E-state index contributed by atoms with van der Waals surface area (Å²) in [6, 6.07) is 10.3. The van der Waals surface area contributed by atoms with Crippen LogP contribution in [0.3, 0.4) is 0 Å². The molecule has 0 atom stereocenters. The Bertz CT molecular complexity index is 1130. The summed E-state index contributed by atoms with van der Waals surface area (Å²) in [7, 11) is 3.12. The summed E-state index contributed by atoms with van der Waals surface area (Å²) in [6.07, 6.45) is 0.472. The van der Waals surface area contributed by atoms with Crippen molar-refractivity contribution < 1.29 is 28.5 Å². The second kappa shape index (κ2) is 10.4. The van der Waals surface area contributed by atoms with Gasteiger partial charge in [0, 0.05) is 13.1 Å². The highest BCUT2D eigenvalue weighted by Crippen LogP contribution is 2.39. The molecule has 0 radical (unpaired) electrons. The molecular formula is C22H20Cl2N2O6. The third-order valence-corrected chi connectivity index (χ3v) is 4.95. The SMILES string of the molecule is CCOC(=O)c1nn(C)c(Oc2cc(OCc3ccc(OC)cc3)c(Cl)cc2Cl)c1C=O. The molecule has 0 saturated carbocycles. The molecular weight excluding hydrogens is 459 g/mol. The van der Waals surface area contributed by atoms with Gasteiger partial charge in [0.05, 0.1) is 23.8 Å². The number of hydrogen-bond acceptors (Lipinski definition) is 7. The van der Waals surface area contributed by atoms with Crippen LogP contribution in [0.2, 0.25) is 10.0 Å². The number of hydrogen-bond donors (Lipinski definition) is 0. The third kappa shape index (κ3) is 5.15. The number of aromatic nitrogens is 2. The first-order chi connectivity index (χ1) is 15.4. The average molecular weight is 479 g/mol. The maximum atomic E-state index is 12.1. The summed E-state index contributed by atoms with van der Waals surface area (Å²) in [6.45, 7) is 2.03. The van der Waals surface area contributed by atoms with Crippen molar-refractivity contribution in [2.24, 2.45) is 7.05 Å². The highest BCUT2D eigenvalue weighted by molar-refractivity contribution is 6.36. The first-order valence-electron chi connectivity index (χ1n) is 9.49. The quantitative estimate of drug-likeness (QED) is 0.312. The molecule has 0 amide bonds. The zero-order valence-electron chi connectivity index (χ0n) is 17.6. The van der Waals surface area contributed by atoms with E-state index in [1.165, 1.54) is 23.9 Å². The maximum absolute atomic E-state index is 12.1. The zero-order valence-corrected chi connectivity index (χ0v) is 19.1. The van der Waals surface area contributed by atoms with Gasteiger partial charge < -0.3 is 18.9 Å². The van der Waals surface area contributed by atoms with Crippen LogP contribution in [0.1, 0.15) is 33.3 Å². The van der Waals surface area contributed by atoms with Crippen LogP contribution in [0.15, 0.2) is 36.4 Å². The molecule has 168 valence electrons. The van der Waals surface area contributed by atoms with E-state index in [1.807, 2.05) is 24.3 Å². The van der Waals surface area contributed by atoms with E-state index in [0.717, 1.165) is 11.3 Å². The van der Waals surface area contributed by atoms with Crippen molar-refractivity contribution in [2.75, 3.05) is 13.7 Å². The molecule has 0 aliphatic rings. The second-order valence-corrected chi connectivity index (χ2v) is 7.30. The minimum atomic E-state index is -0.731. The van der Waals surface area contributed by atoms with Gasteiger partial charge in [0.15, 0.2) is 17.7 Å². The smallest absolute Gasteiger partial charge is 0.359 e. The lowest BCUT2D eigenvalue weighted by Gasteiger charge is -2.13. The summed E-state index contributed by atoms with van der Waals surface area (Å²) >= 11 is 12.5. The van der Waals surface area contributed by atoms with Crippen molar-refractivity contribution in [3.63, 3.8) is 0 Å². The summed E-state index contributed by atoms with van der Waals surface area (Å²) in [5.41, 5.74) is 0.686. The molecule has 0 saturated heterocycles. The molecule has 32 heavy (non-hydrogen) atoms. The number of rotatable bonds is 9. The van der Waals surface area contributed by atoms with Gasteiger partial charge in [-0.1, -0.05) is 35.3 Å². The topological polar surface area (TPSA) is 88.9 Å². The highest BCUT2D eigenvalue weighted by Gasteiger charge is 2.25. The van der Waals surface area contributed by atoms with Crippen LogP contribution in [0.4, 0.5) is 0 Å². The number of carbonyl (C=O) groups excluding carboxylic acids is 2. The monoisotopic (exact) mass is 478 g/mol. The first kappa shape index (κ1) is 23.4. The van der Waals surface area contributed by atoms with E-state index in [2.05, 4.69) is 5.10 Å². The van der Waals surface area contributed by atoms with Crippen LogP contribution in [-0.2, 0) is 18.4 Å². The van der Waals surface area contributed by atoms with E-state index in [1.54, 1.807) is 14.0 Å². The number of aryl methyl sites for hydroxylation is 1. The van der Waals surface area contributed by atoms with Gasteiger partial charge in [-0.3, -0.25) is 4.79 Å². The molecule has 0 spiro atoms. The van der Waals surface area contributed by atoms with E-state index in [9.17, 15) is 9.59 Å². The van der Waals surface area contributed by atoms with E-state index in [0.29, 0.717) is 12.0 Å². The molecule has 0 fully saturated rings. The van der Waals surface area contributed by atoms with Crippen molar-refractivity contribution >= 4 is 35.5 Å². The molecule has 0 aliphatic carbocycles. The Morgan fingerprint density at radius 2 is 1.81 bits per heavy atom. The first-order valence-corrected chi connectivity index (χ1v) is 10.2. The molecule has 2 aromatic carbocycles. The fourth-order valence-corrected chi connectivity index (χ4v) is 3.26. The standard InChI is InChI=1S/C22H20Cl2N2O6/c1-4-30-22(28)20-15(11-27)21(26(2)25-20)32-19-10-18(16(23)9-17(19)24)31-12-13-5-7-14(29-3)8-6-13/h5-11H,4,12H2,1-3H3. The lowest BCUT2D eigenvalue weighted by Crippen LogP contribution is -2.08. The Labute approximate surface area is 194 Å². The van der Waals surface area contributed by atoms with Crippen molar-refractivity contribution in [3.05, 3.63) is 63.3 Å². The highest BCUT2D eigenvalue weighted by atomic mass is 35.5. The van der Waals surface area contributed by atoms with Crippen LogP contribution in [0, 0.1) is 0 Å². The van der Waals surface area contributed by atoms with Crippen LogP contribution in [0.5, 0.6) is 23.1 Å². The molecule has 0 unspecified atom stereocenters. The van der Waals surface area contributed by atoms with E-state index in [-0.39, 0.29) is 46.1 Å². The normalized spacial score (nSPS) is 10.5. The van der Waals surface area contributed by atoms with Crippen LogP contribution < -0.4 is 14.2 Å². The number of esters is 1. The van der Waals surface area contributed by atoms with Crippen molar-refractivity contribution in [3.8, 4) is 23.1 Å². The molecule has 8 nitrogen and oxygen atoms in total. The Morgan fingerprint density at radius 3 is 2.44 bits per heavy atom. The largest absolute Gasteiger partial charge is 0.497 e. The van der Waals surface area contributed by atoms with Crippen LogP contribution in [0.25, 0.3) is 0 Å². The summed E-state index contributed by atoms with van der Waals surface area (Å²) in [5, 5.41) is 4.50. The van der Waals surface area contributed by atoms with E-state index in [4.69, 9.17) is 42.1 Å². The maximum Gasteiger partial charge on any atom is 0.359 e. The summed E-state index contributed by atoms with van der Waals surface area (Å²) in [4.78, 5) is 23.7. The fourth-order valence-electron chi connectivity index (χ4n) is 2.79. The van der Waals surface area contributed by atoms with Crippen molar-refractivity contribution in [1.82, 2.24) is 9.78 Å². The number of carbonyl (C=O) groups is 2. The second-order valence-electron chi connectivity index (χ2n) is 6.48. The van der Waals surface area contributed by atoms with Gasteiger partial charge in [0.25, 0.3) is 0 Å². The van der Waals surface area contributed by atoms with Gasteiger partial charge in [0.1, 0.15) is 23.7 Å². The Kier molecular flexibility index (Phi) is 7.61. The number of nitrogens with zero attached hydrogens (tertiary/aromatic N) is 2. The fraction of sp³-hybridized carbons (Fsp3) is 0.227. The Balaban J connectivity index is 1.86. The molecule has 3 rings (SSSR count). The van der Waals surface area contributed by atoms with E-state index < -0.39 is 5.97 Å². The van der Waals surface area contributed by atoms with Gasteiger partial charge in [-0.25, -0.2) is 9.48 Å². The number of ether oxygens (including phenoxy) is 4. The molecule has 1 heterocycles. The molecule has 3 aromatic rings. The van der Waals surface area contributed by atoms with Crippen molar-refractivity contribution in [2.45, 2.75) is 13.5 Å². The van der Waals surface area contributed by atoms with Gasteiger partial charge in [0.2, 0.25) is 5.88 Å². The lowest BCUT2D eigenvalue weighted by atomic mass is 10.2. The van der Waals surface area contributed by atoms with Gasteiger partial charge in [-0.2, -0.15) is 5.10 Å². The Morgan fingerprint density at radius 1 is 1.12 bits per heavy atom. The van der Waals surface area contributed by atoms with Gasteiger partial charge in [-0.05, 0) is 30.7 Å². The predicted molar refractivity (Wildman–Crippen MR) is 118 cm³/mol. The van der Waals surface area contributed by atoms with Crippen molar-refractivity contribution in [1.29, 1.82) is 0 Å². The van der Waals surface area contributed by atoms with Crippen LogP contribution >= 0.6 is 23.2 Å². The minimum Gasteiger partial charge on any atom is -0.497 e. The lowest BCUT2D eigenvalue weighted by molar-refractivity contribution is 0.0516. The zero-order chi connectivity index (χ0) is 23.3. The number of benzene rings is 2. The average Bonchev–Trinajstić information content (AvgIpc) is 3.10. The van der Waals surface area contributed by atoms with Gasteiger partial charge in [-0.15, -0.1) is 0 Å². The third-order valence-electron chi connectivity index (χ3n) is 4.36. The Hall–Kier alpha value is -3.23. The predicted octanol–water partition coefficient (Wildman–Crippen LogP) is 5.10. The summed E-state index contributed by atoms with van der Waals surface area (Å²) < 4.78 is 23.0.